The van der Waals surface area contributed by atoms with Gasteiger partial charge < -0.3 is 5.11 Å². The molecular weight excluding hydrogens is 162 g/mol. The summed E-state index contributed by atoms with van der Waals surface area (Å²) in [7, 11) is 0. The normalized spacial score (nSPS) is 14.2. The molecule has 0 amide bonds. The van der Waals surface area contributed by atoms with Gasteiger partial charge in [0.1, 0.15) is 0 Å². The Kier molecular flexibility index (Phi) is 3.65. The van der Waals surface area contributed by atoms with Crippen LogP contribution in [0.3, 0.4) is 0 Å². The monoisotopic (exact) mass is 177 g/mol. The molecule has 1 N–H and O–H groups in total. The molecule has 1 aromatic rings. The number of para-hydroxylation sites is 1. The highest BCUT2D eigenvalue weighted by atomic mass is 16.3. The molecule has 2 heteroatoms. The van der Waals surface area contributed by atoms with Crippen molar-refractivity contribution in [3.8, 4) is 0 Å². The van der Waals surface area contributed by atoms with E-state index in [-0.39, 0.29) is 6.10 Å². The zero-order valence-corrected chi connectivity index (χ0v) is 8.07. The summed E-state index contributed by atoms with van der Waals surface area (Å²) in [6.45, 7) is 3.70. The summed E-state index contributed by atoms with van der Waals surface area (Å²) in [5.41, 5.74) is 1.90. The van der Waals surface area contributed by atoms with Crippen molar-refractivity contribution in [3.05, 3.63) is 30.3 Å². The van der Waals surface area contributed by atoms with E-state index in [0.29, 0.717) is 6.42 Å². The molecule has 0 heterocycles. The van der Waals surface area contributed by atoms with Crippen molar-refractivity contribution >= 4 is 11.4 Å². The average molecular weight is 177 g/mol. The molecule has 0 aliphatic carbocycles. The molecule has 0 saturated carbocycles. The number of aliphatic imine (C=N–C) groups is 1. The van der Waals surface area contributed by atoms with Gasteiger partial charge in [0.25, 0.3) is 0 Å². The van der Waals surface area contributed by atoms with E-state index in [0.717, 1.165) is 11.4 Å². The molecule has 13 heavy (non-hydrogen) atoms. The first-order chi connectivity index (χ1) is 6.18. The lowest BCUT2D eigenvalue weighted by Gasteiger charge is -2.02. The lowest BCUT2D eigenvalue weighted by molar-refractivity contribution is 0.203. The fourth-order valence-electron chi connectivity index (χ4n) is 1.20. The molecule has 0 spiro atoms. The van der Waals surface area contributed by atoms with Gasteiger partial charge in [-0.25, -0.2) is 0 Å². The second-order valence-electron chi connectivity index (χ2n) is 3.24. The molecular formula is C11H15NO. The zero-order chi connectivity index (χ0) is 9.68. The summed E-state index contributed by atoms with van der Waals surface area (Å²) >= 11 is 0. The van der Waals surface area contributed by atoms with Crippen LogP contribution in [0.5, 0.6) is 0 Å². The minimum Gasteiger partial charge on any atom is -0.393 e. The van der Waals surface area contributed by atoms with Gasteiger partial charge >= 0.3 is 0 Å². The third kappa shape index (κ3) is 3.85. The van der Waals surface area contributed by atoms with Gasteiger partial charge in [0, 0.05) is 12.1 Å². The summed E-state index contributed by atoms with van der Waals surface area (Å²) in [6, 6.07) is 9.77. The van der Waals surface area contributed by atoms with Gasteiger partial charge in [-0.2, -0.15) is 0 Å². The third-order valence-corrected chi connectivity index (χ3v) is 1.67. The van der Waals surface area contributed by atoms with Gasteiger partial charge in [-0.1, -0.05) is 18.2 Å². The van der Waals surface area contributed by atoms with Crippen molar-refractivity contribution in [1.82, 2.24) is 0 Å². The molecule has 0 bridgehead atoms. The van der Waals surface area contributed by atoms with E-state index in [9.17, 15) is 0 Å². The molecule has 0 aliphatic rings. The Morgan fingerprint density at radius 1 is 1.38 bits per heavy atom. The maximum Gasteiger partial charge on any atom is 0.0628 e. The summed E-state index contributed by atoms with van der Waals surface area (Å²) in [5.74, 6) is 0. The predicted molar refractivity (Wildman–Crippen MR) is 55.5 cm³/mol. The standard InChI is InChI=1S/C11H15NO/c1-9(8-10(2)13)12-11-6-4-3-5-7-11/h3-7,10,13H,8H2,1-2H3. The van der Waals surface area contributed by atoms with Crippen molar-refractivity contribution in [2.75, 3.05) is 0 Å². The van der Waals surface area contributed by atoms with E-state index in [1.807, 2.05) is 37.3 Å². The second kappa shape index (κ2) is 4.77. The first-order valence-electron chi connectivity index (χ1n) is 4.46. The predicted octanol–water partition coefficient (Wildman–Crippen LogP) is 2.55. The molecule has 0 radical (unpaired) electrons. The second-order valence-corrected chi connectivity index (χ2v) is 3.24. The number of nitrogens with zero attached hydrogens (tertiary/aromatic N) is 1. The minimum absolute atomic E-state index is 0.313. The van der Waals surface area contributed by atoms with Crippen LogP contribution in [0, 0.1) is 0 Å². The Morgan fingerprint density at radius 2 is 2.00 bits per heavy atom. The van der Waals surface area contributed by atoms with Gasteiger partial charge in [0.2, 0.25) is 0 Å². The first kappa shape index (κ1) is 9.93. The van der Waals surface area contributed by atoms with E-state index in [1.54, 1.807) is 6.92 Å². The van der Waals surface area contributed by atoms with Gasteiger partial charge in [0.05, 0.1) is 11.8 Å². The molecule has 70 valence electrons. The highest BCUT2D eigenvalue weighted by molar-refractivity contribution is 5.84. The van der Waals surface area contributed by atoms with E-state index in [4.69, 9.17) is 5.11 Å². The van der Waals surface area contributed by atoms with Crippen molar-refractivity contribution < 1.29 is 5.11 Å². The van der Waals surface area contributed by atoms with Gasteiger partial charge in [0.15, 0.2) is 0 Å². The van der Waals surface area contributed by atoms with E-state index < -0.39 is 0 Å². The van der Waals surface area contributed by atoms with Crippen LogP contribution < -0.4 is 0 Å². The highest BCUT2D eigenvalue weighted by Crippen LogP contribution is 2.11. The third-order valence-electron chi connectivity index (χ3n) is 1.67. The van der Waals surface area contributed by atoms with E-state index in [1.165, 1.54) is 0 Å². The maximum atomic E-state index is 9.12. The molecule has 0 aromatic heterocycles. The van der Waals surface area contributed by atoms with Crippen LogP contribution in [0.1, 0.15) is 20.3 Å². The molecule has 1 atom stereocenters. The molecule has 1 unspecified atom stereocenters. The van der Waals surface area contributed by atoms with Gasteiger partial charge in [-0.3, -0.25) is 4.99 Å². The van der Waals surface area contributed by atoms with E-state index in [2.05, 4.69) is 4.99 Å². The molecule has 0 aliphatic heterocycles. The van der Waals surface area contributed by atoms with Crippen molar-refractivity contribution in [2.45, 2.75) is 26.4 Å². The van der Waals surface area contributed by atoms with Crippen LogP contribution in [0.15, 0.2) is 35.3 Å². The van der Waals surface area contributed by atoms with Crippen molar-refractivity contribution in [1.29, 1.82) is 0 Å². The van der Waals surface area contributed by atoms with Crippen molar-refractivity contribution in [3.63, 3.8) is 0 Å². The number of aliphatic hydroxyl groups excluding tert-OH is 1. The van der Waals surface area contributed by atoms with Crippen LogP contribution in [0.4, 0.5) is 5.69 Å². The van der Waals surface area contributed by atoms with E-state index >= 15 is 0 Å². The fourth-order valence-corrected chi connectivity index (χ4v) is 1.20. The number of benzene rings is 1. The lowest BCUT2D eigenvalue weighted by Crippen LogP contribution is -2.05. The van der Waals surface area contributed by atoms with Crippen LogP contribution in [0.2, 0.25) is 0 Å². The summed E-state index contributed by atoms with van der Waals surface area (Å²) in [6.07, 6.45) is 0.321. The average Bonchev–Trinajstić information content (AvgIpc) is 2.04. The van der Waals surface area contributed by atoms with Crippen molar-refractivity contribution in [2.24, 2.45) is 4.99 Å². The number of rotatable bonds is 3. The highest BCUT2D eigenvalue weighted by Gasteiger charge is 1.98. The number of aliphatic hydroxyl groups is 1. The van der Waals surface area contributed by atoms with Crippen LogP contribution >= 0.6 is 0 Å². The smallest absolute Gasteiger partial charge is 0.0628 e. The Balaban J connectivity index is 2.66. The summed E-state index contributed by atoms with van der Waals surface area (Å²) < 4.78 is 0. The minimum atomic E-state index is -0.313. The lowest BCUT2D eigenvalue weighted by atomic mass is 10.2. The molecule has 1 aromatic carbocycles. The summed E-state index contributed by atoms with van der Waals surface area (Å²) in [4.78, 5) is 4.36. The summed E-state index contributed by atoms with van der Waals surface area (Å²) in [5, 5.41) is 9.12. The van der Waals surface area contributed by atoms with Crippen LogP contribution in [0.25, 0.3) is 0 Å². The topological polar surface area (TPSA) is 32.6 Å². The first-order valence-corrected chi connectivity index (χ1v) is 4.46. The van der Waals surface area contributed by atoms with Crippen LogP contribution in [-0.2, 0) is 0 Å². The number of hydrogen-bond acceptors (Lipinski definition) is 2. The Labute approximate surface area is 78.9 Å². The number of hydrogen-bond donors (Lipinski definition) is 1. The molecule has 1 rings (SSSR count). The quantitative estimate of drug-likeness (QED) is 0.707. The molecule has 0 fully saturated rings. The Bertz CT molecular complexity index is 277. The maximum absolute atomic E-state index is 9.12. The van der Waals surface area contributed by atoms with Crippen LogP contribution in [-0.4, -0.2) is 16.9 Å². The fraction of sp³-hybridized carbons (Fsp3) is 0.364. The van der Waals surface area contributed by atoms with Gasteiger partial charge in [-0.05, 0) is 26.0 Å². The van der Waals surface area contributed by atoms with Gasteiger partial charge in [-0.15, -0.1) is 0 Å². The zero-order valence-electron chi connectivity index (χ0n) is 8.07. The Hall–Kier alpha value is -1.15. The SMILES string of the molecule is CC(CC(C)O)=Nc1ccccc1. The largest absolute Gasteiger partial charge is 0.393 e. The molecule has 2 nitrogen and oxygen atoms in total. The molecule has 0 saturated heterocycles. The Morgan fingerprint density at radius 3 is 2.54 bits per heavy atom.